The van der Waals surface area contributed by atoms with Gasteiger partial charge in [-0.25, -0.2) is 4.98 Å². The van der Waals surface area contributed by atoms with Gasteiger partial charge in [-0.05, 0) is 26.7 Å². The van der Waals surface area contributed by atoms with Crippen molar-refractivity contribution in [2.75, 3.05) is 11.1 Å². The third kappa shape index (κ3) is 4.84. The van der Waals surface area contributed by atoms with E-state index in [2.05, 4.69) is 40.8 Å². The van der Waals surface area contributed by atoms with E-state index in [0.29, 0.717) is 17.5 Å². The fraction of sp³-hybridized carbons (Fsp3) is 0.381. The van der Waals surface area contributed by atoms with Gasteiger partial charge < -0.3 is 9.09 Å². The summed E-state index contributed by atoms with van der Waals surface area (Å²) in [5, 5.41) is 7.68. The lowest BCUT2D eigenvalue weighted by Gasteiger charge is -2.12. The number of benzene rings is 1. The molecule has 7 heteroatoms. The predicted octanol–water partition coefficient (Wildman–Crippen LogP) is 4.85. The van der Waals surface area contributed by atoms with Crippen LogP contribution in [0.15, 0.2) is 40.0 Å². The van der Waals surface area contributed by atoms with Crippen molar-refractivity contribution in [1.82, 2.24) is 14.7 Å². The molecule has 1 N–H and O–H groups in total. The van der Waals surface area contributed by atoms with Crippen LogP contribution in [-0.4, -0.2) is 26.4 Å². The number of aryl methyl sites for hydroxylation is 2. The quantitative estimate of drug-likeness (QED) is 0.576. The minimum absolute atomic E-state index is 0.147. The molecule has 0 atom stereocenters. The van der Waals surface area contributed by atoms with Crippen LogP contribution >= 0.6 is 11.8 Å². The number of hydrogen-bond donors (Lipinski definition) is 1. The molecular weight excluding hydrogens is 372 g/mol. The topological polar surface area (TPSA) is 73.0 Å². The first kappa shape index (κ1) is 20.2. The Morgan fingerprint density at radius 3 is 2.61 bits per heavy atom. The molecule has 0 fully saturated rings. The number of thioether (sulfide) groups is 1. The maximum Gasteiger partial charge on any atom is 0.237 e. The normalized spacial score (nSPS) is 11.2. The SMILES string of the molecule is Cc1ccc(-c2cc(NC(=O)CSc3nc(C)c(C)n3CC(C)C)on2)cc1. The minimum atomic E-state index is -0.147. The van der Waals surface area contributed by atoms with Crippen LogP contribution in [0.3, 0.4) is 0 Å². The minimum Gasteiger partial charge on any atom is -0.338 e. The molecule has 1 aromatic carbocycles. The molecule has 0 unspecified atom stereocenters. The zero-order valence-electron chi connectivity index (χ0n) is 16.9. The predicted molar refractivity (Wildman–Crippen MR) is 113 cm³/mol. The van der Waals surface area contributed by atoms with E-state index in [9.17, 15) is 4.79 Å². The van der Waals surface area contributed by atoms with Gasteiger partial charge in [-0.15, -0.1) is 0 Å². The highest BCUT2D eigenvalue weighted by Crippen LogP contribution is 2.24. The van der Waals surface area contributed by atoms with Gasteiger partial charge in [0.2, 0.25) is 11.8 Å². The number of nitrogens with one attached hydrogen (secondary N) is 1. The van der Waals surface area contributed by atoms with Crippen LogP contribution in [0.2, 0.25) is 0 Å². The second-order valence-corrected chi connectivity index (χ2v) is 8.29. The molecule has 0 aliphatic rings. The molecule has 0 spiro atoms. The molecule has 0 aliphatic heterocycles. The monoisotopic (exact) mass is 398 g/mol. The van der Waals surface area contributed by atoms with E-state index in [1.807, 2.05) is 38.1 Å². The Labute approximate surface area is 169 Å². The summed E-state index contributed by atoms with van der Waals surface area (Å²) in [5.74, 6) is 0.967. The van der Waals surface area contributed by atoms with E-state index in [-0.39, 0.29) is 11.7 Å². The molecule has 0 aliphatic carbocycles. The number of carbonyl (C=O) groups excluding carboxylic acids is 1. The van der Waals surface area contributed by atoms with Crippen molar-refractivity contribution < 1.29 is 9.32 Å². The lowest BCUT2D eigenvalue weighted by Crippen LogP contribution is -2.14. The average molecular weight is 399 g/mol. The van der Waals surface area contributed by atoms with Crippen LogP contribution in [-0.2, 0) is 11.3 Å². The highest BCUT2D eigenvalue weighted by Gasteiger charge is 2.15. The number of amides is 1. The molecule has 0 radical (unpaired) electrons. The van der Waals surface area contributed by atoms with E-state index in [4.69, 9.17) is 4.52 Å². The Hall–Kier alpha value is -2.54. The van der Waals surface area contributed by atoms with Gasteiger partial charge in [0.05, 0.1) is 11.4 Å². The largest absolute Gasteiger partial charge is 0.338 e. The van der Waals surface area contributed by atoms with Crippen molar-refractivity contribution in [1.29, 1.82) is 0 Å². The highest BCUT2D eigenvalue weighted by molar-refractivity contribution is 7.99. The van der Waals surface area contributed by atoms with Gasteiger partial charge in [0, 0.05) is 23.9 Å². The lowest BCUT2D eigenvalue weighted by molar-refractivity contribution is -0.113. The molecule has 148 valence electrons. The van der Waals surface area contributed by atoms with E-state index in [1.54, 1.807) is 6.07 Å². The van der Waals surface area contributed by atoms with Crippen LogP contribution in [0.4, 0.5) is 5.88 Å². The average Bonchev–Trinajstić information content (AvgIpc) is 3.20. The Morgan fingerprint density at radius 1 is 1.21 bits per heavy atom. The summed E-state index contributed by atoms with van der Waals surface area (Å²) in [6.07, 6.45) is 0. The van der Waals surface area contributed by atoms with Crippen molar-refractivity contribution in [3.8, 4) is 11.3 Å². The molecule has 3 aromatic rings. The molecule has 0 saturated heterocycles. The third-order valence-electron chi connectivity index (χ3n) is 4.42. The van der Waals surface area contributed by atoms with Gasteiger partial charge in [0.15, 0.2) is 5.16 Å². The van der Waals surface area contributed by atoms with E-state index < -0.39 is 0 Å². The van der Waals surface area contributed by atoms with Crippen molar-refractivity contribution >= 4 is 23.6 Å². The molecule has 3 rings (SSSR count). The molecule has 2 aromatic heterocycles. The van der Waals surface area contributed by atoms with Gasteiger partial charge >= 0.3 is 0 Å². The second-order valence-electron chi connectivity index (χ2n) is 7.35. The zero-order chi connectivity index (χ0) is 20.3. The number of hydrogen-bond acceptors (Lipinski definition) is 5. The summed E-state index contributed by atoms with van der Waals surface area (Å²) < 4.78 is 7.44. The molecular formula is C21H26N4O2S. The summed E-state index contributed by atoms with van der Waals surface area (Å²) in [6, 6.07) is 9.73. The fourth-order valence-electron chi connectivity index (χ4n) is 2.81. The maximum absolute atomic E-state index is 12.3. The molecule has 28 heavy (non-hydrogen) atoms. The van der Waals surface area contributed by atoms with Crippen LogP contribution in [0.1, 0.15) is 30.8 Å². The van der Waals surface area contributed by atoms with E-state index in [0.717, 1.165) is 28.7 Å². The van der Waals surface area contributed by atoms with Gasteiger partial charge in [-0.3, -0.25) is 10.1 Å². The van der Waals surface area contributed by atoms with Crippen molar-refractivity contribution in [3.05, 3.63) is 47.3 Å². The first-order valence-corrected chi connectivity index (χ1v) is 10.3. The molecule has 0 bridgehead atoms. The number of imidazole rings is 1. The third-order valence-corrected chi connectivity index (χ3v) is 5.40. The Kier molecular flexibility index (Phi) is 6.24. The van der Waals surface area contributed by atoms with Crippen molar-refractivity contribution in [2.24, 2.45) is 5.92 Å². The summed E-state index contributed by atoms with van der Waals surface area (Å²) in [7, 11) is 0. The van der Waals surface area contributed by atoms with E-state index in [1.165, 1.54) is 17.3 Å². The van der Waals surface area contributed by atoms with E-state index >= 15 is 0 Å². The summed E-state index contributed by atoms with van der Waals surface area (Å²) in [4.78, 5) is 16.9. The number of rotatable bonds is 7. The van der Waals surface area contributed by atoms with Gasteiger partial charge in [0.1, 0.15) is 5.69 Å². The molecule has 0 saturated carbocycles. The highest BCUT2D eigenvalue weighted by atomic mass is 32.2. The van der Waals surface area contributed by atoms with Crippen molar-refractivity contribution in [3.63, 3.8) is 0 Å². The first-order valence-electron chi connectivity index (χ1n) is 9.33. The van der Waals surface area contributed by atoms with Crippen molar-refractivity contribution in [2.45, 2.75) is 46.3 Å². The van der Waals surface area contributed by atoms with Crippen LogP contribution in [0.25, 0.3) is 11.3 Å². The van der Waals surface area contributed by atoms with Gasteiger partial charge in [-0.1, -0.05) is 60.6 Å². The Balaban J connectivity index is 1.61. The number of anilines is 1. The Bertz CT molecular complexity index is 957. The lowest BCUT2D eigenvalue weighted by atomic mass is 10.1. The standard InChI is InChI=1S/C21H26N4O2S/c1-13(2)11-25-16(5)15(4)22-21(25)28-12-19(26)23-20-10-18(24-27-20)17-8-6-14(3)7-9-17/h6-10,13H,11-12H2,1-5H3,(H,23,26). The smallest absolute Gasteiger partial charge is 0.237 e. The molecule has 1 amide bonds. The second kappa shape index (κ2) is 8.65. The summed E-state index contributed by atoms with van der Waals surface area (Å²) in [6.45, 7) is 11.3. The van der Waals surface area contributed by atoms with Gasteiger partial charge in [0.25, 0.3) is 0 Å². The maximum atomic E-state index is 12.3. The first-order chi connectivity index (χ1) is 13.3. The Morgan fingerprint density at radius 2 is 1.93 bits per heavy atom. The summed E-state index contributed by atoms with van der Waals surface area (Å²) in [5.41, 5.74) is 4.97. The number of carbonyl (C=O) groups is 1. The zero-order valence-corrected chi connectivity index (χ0v) is 17.8. The molecule has 2 heterocycles. The number of nitrogens with zero attached hydrogens (tertiary/aromatic N) is 3. The van der Waals surface area contributed by atoms with Crippen LogP contribution < -0.4 is 5.32 Å². The number of aromatic nitrogens is 3. The fourth-order valence-corrected chi connectivity index (χ4v) is 3.71. The molecule has 6 nitrogen and oxygen atoms in total. The van der Waals surface area contributed by atoms with Crippen LogP contribution in [0, 0.1) is 26.7 Å². The van der Waals surface area contributed by atoms with Gasteiger partial charge in [-0.2, -0.15) is 0 Å². The van der Waals surface area contributed by atoms with Crippen LogP contribution in [0.5, 0.6) is 0 Å². The summed E-state index contributed by atoms with van der Waals surface area (Å²) >= 11 is 1.43.